The lowest BCUT2D eigenvalue weighted by Gasteiger charge is -2.26. The molecule has 1 aliphatic heterocycles. The van der Waals surface area contributed by atoms with Crippen molar-refractivity contribution in [3.05, 3.63) is 28.8 Å². The summed E-state index contributed by atoms with van der Waals surface area (Å²) in [7, 11) is 0. The van der Waals surface area contributed by atoms with Crippen LogP contribution in [-0.4, -0.2) is 49.1 Å². The van der Waals surface area contributed by atoms with Gasteiger partial charge in [0.15, 0.2) is 22.4 Å². The molecule has 0 bridgehead atoms. The summed E-state index contributed by atoms with van der Waals surface area (Å²) >= 11 is 0.995. The molecular weight excluding hydrogens is 366 g/mol. The number of halogens is 2. The molecule has 138 valence electrons. The zero-order chi connectivity index (χ0) is 19.2. The number of likely N-dealkylation sites (N-methyl/N-ethyl adjacent to an activating group) is 1. The minimum Gasteiger partial charge on any atom is -0.503 e. The third-order valence-corrected chi connectivity index (χ3v) is 5.22. The molecule has 7 nitrogen and oxygen atoms in total. The van der Waals surface area contributed by atoms with Gasteiger partial charge in [-0.05, 0) is 32.9 Å². The van der Waals surface area contributed by atoms with E-state index in [1.165, 1.54) is 4.90 Å². The van der Waals surface area contributed by atoms with Crippen LogP contribution in [0.15, 0.2) is 12.1 Å². The third kappa shape index (κ3) is 2.70. The van der Waals surface area contributed by atoms with Crippen molar-refractivity contribution >= 4 is 23.3 Å². The molecule has 0 aliphatic carbocycles. The number of amides is 3. The second-order valence-corrected chi connectivity index (χ2v) is 7.30. The van der Waals surface area contributed by atoms with Crippen LogP contribution in [0.4, 0.5) is 13.6 Å². The molecule has 2 heterocycles. The predicted molar refractivity (Wildman–Crippen MR) is 89.3 cm³/mol. The number of aromatic hydroxyl groups is 1. The summed E-state index contributed by atoms with van der Waals surface area (Å²) < 4.78 is 27.2. The van der Waals surface area contributed by atoms with Gasteiger partial charge < -0.3 is 10.0 Å². The van der Waals surface area contributed by atoms with Crippen molar-refractivity contribution < 1.29 is 23.5 Å². The molecule has 0 spiro atoms. The van der Waals surface area contributed by atoms with Gasteiger partial charge in [0.1, 0.15) is 10.5 Å². The number of carbonyl (C=O) groups is 2. The number of urea groups is 1. The molecule has 3 amide bonds. The van der Waals surface area contributed by atoms with E-state index in [4.69, 9.17) is 0 Å². The molecule has 1 aromatic carbocycles. The van der Waals surface area contributed by atoms with Gasteiger partial charge in [0.05, 0.1) is 12.1 Å². The lowest BCUT2D eigenvalue weighted by Crippen LogP contribution is -2.43. The number of nitrogens with zero attached hydrogens (tertiary/aromatic N) is 4. The zero-order valence-corrected chi connectivity index (χ0v) is 15.1. The normalized spacial score (nSPS) is 16.7. The lowest BCUT2D eigenvalue weighted by atomic mass is 10.0. The Bertz CT molecular complexity index is 900. The Kier molecular flexibility index (Phi) is 4.39. The van der Waals surface area contributed by atoms with Crippen LogP contribution in [0.1, 0.15) is 25.8 Å². The zero-order valence-electron chi connectivity index (χ0n) is 14.3. The molecule has 1 N–H and O–H groups in total. The van der Waals surface area contributed by atoms with E-state index < -0.39 is 29.0 Å². The minimum absolute atomic E-state index is 0.0283. The van der Waals surface area contributed by atoms with Crippen molar-refractivity contribution in [2.45, 2.75) is 32.9 Å². The molecule has 1 aromatic heterocycles. The van der Waals surface area contributed by atoms with Gasteiger partial charge in [-0.3, -0.25) is 9.69 Å². The van der Waals surface area contributed by atoms with E-state index in [1.807, 2.05) is 0 Å². The number of carbonyl (C=O) groups excluding carboxylic acids is 2. The van der Waals surface area contributed by atoms with Crippen molar-refractivity contribution in [3.8, 4) is 16.3 Å². The highest BCUT2D eigenvalue weighted by atomic mass is 32.1. The number of rotatable bonds is 4. The Morgan fingerprint density at radius 2 is 1.92 bits per heavy atom. The first-order chi connectivity index (χ1) is 12.2. The van der Waals surface area contributed by atoms with E-state index in [0.29, 0.717) is 5.01 Å². The second-order valence-electron chi connectivity index (χ2n) is 6.24. The van der Waals surface area contributed by atoms with Gasteiger partial charge in [0.25, 0.3) is 5.91 Å². The van der Waals surface area contributed by atoms with Gasteiger partial charge in [-0.1, -0.05) is 11.3 Å². The largest absolute Gasteiger partial charge is 0.503 e. The summed E-state index contributed by atoms with van der Waals surface area (Å²) in [4.78, 5) is 27.3. The number of imide groups is 1. The molecule has 10 heteroatoms. The van der Waals surface area contributed by atoms with E-state index in [9.17, 15) is 23.5 Å². The molecule has 0 unspecified atom stereocenters. The number of phenolic OH excluding ortho intramolecular Hbond substituents is 1. The van der Waals surface area contributed by atoms with Gasteiger partial charge in [-0.25, -0.2) is 13.6 Å². The van der Waals surface area contributed by atoms with Crippen LogP contribution in [0.25, 0.3) is 10.6 Å². The quantitative estimate of drug-likeness (QED) is 0.822. The molecule has 0 radical (unpaired) electrons. The van der Waals surface area contributed by atoms with Crippen LogP contribution in [0.5, 0.6) is 5.75 Å². The maximum Gasteiger partial charge on any atom is 0.328 e. The lowest BCUT2D eigenvalue weighted by molar-refractivity contribution is -0.131. The Balaban J connectivity index is 1.89. The maximum absolute atomic E-state index is 14.0. The number of benzene rings is 1. The summed E-state index contributed by atoms with van der Waals surface area (Å²) in [5, 5.41) is 17.7. The predicted octanol–water partition coefficient (Wildman–Crippen LogP) is 2.75. The van der Waals surface area contributed by atoms with Gasteiger partial charge in [-0.15, -0.1) is 10.2 Å². The van der Waals surface area contributed by atoms with Crippen LogP contribution < -0.4 is 0 Å². The fourth-order valence-corrected chi connectivity index (χ4v) is 3.58. The molecule has 1 fully saturated rings. The Morgan fingerprint density at radius 3 is 2.54 bits per heavy atom. The summed E-state index contributed by atoms with van der Waals surface area (Å²) in [6.07, 6.45) is 0. The number of hydrogen-bond donors (Lipinski definition) is 1. The first kappa shape index (κ1) is 18.2. The molecular formula is C16H16F2N4O3S. The fraction of sp³-hybridized carbons (Fsp3) is 0.375. The van der Waals surface area contributed by atoms with Crippen LogP contribution in [-0.2, 0) is 11.3 Å². The Hall–Kier alpha value is -2.62. The van der Waals surface area contributed by atoms with Crippen molar-refractivity contribution in [1.29, 1.82) is 0 Å². The average molecular weight is 382 g/mol. The Morgan fingerprint density at radius 1 is 1.23 bits per heavy atom. The number of hydrogen-bond acceptors (Lipinski definition) is 6. The number of aromatic nitrogens is 2. The minimum atomic E-state index is -1.13. The molecule has 1 saturated heterocycles. The average Bonchev–Trinajstić information content (AvgIpc) is 3.11. The van der Waals surface area contributed by atoms with Gasteiger partial charge in [0, 0.05) is 6.54 Å². The smallest absolute Gasteiger partial charge is 0.328 e. The van der Waals surface area contributed by atoms with E-state index >= 15 is 0 Å². The van der Waals surface area contributed by atoms with Crippen molar-refractivity contribution in [2.75, 3.05) is 6.54 Å². The number of phenols is 1. The van der Waals surface area contributed by atoms with Crippen molar-refractivity contribution in [2.24, 2.45) is 0 Å². The summed E-state index contributed by atoms with van der Waals surface area (Å²) in [6.45, 7) is 5.28. The van der Waals surface area contributed by atoms with E-state index in [-0.39, 0.29) is 29.6 Å². The first-order valence-electron chi connectivity index (χ1n) is 7.81. The second kappa shape index (κ2) is 6.27. The summed E-state index contributed by atoms with van der Waals surface area (Å²) in [6, 6.07) is 1.66. The van der Waals surface area contributed by atoms with Crippen LogP contribution >= 0.6 is 11.3 Å². The molecule has 0 atom stereocenters. The van der Waals surface area contributed by atoms with Crippen LogP contribution in [0, 0.1) is 11.6 Å². The monoisotopic (exact) mass is 382 g/mol. The SMILES string of the molecule is CCN1C(=O)N(Cc2nnc(-c3ccc(F)c(O)c3F)s2)C(C)(C)C1=O. The Labute approximate surface area is 151 Å². The van der Waals surface area contributed by atoms with E-state index in [0.717, 1.165) is 28.4 Å². The standard InChI is InChI=1S/C16H16F2N4O3S/c1-4-21-14(24)16(2,3)22(15(21)25)7-10-19-20-13(26-10)8-5-6-9(17)12(23)11(8)18/h5-6,23H,4,7H2,1-3H3. The van der Waals surface area contributed by atoms with E-state index in [1.54, 1.807) is 20.8 Å². The highest BCUT2D eigenvalue weighted by molar-refractivity contribution is 7.14. The molecule has 26 heavy (non-hydrogen) atoms. The third-order valence-electron chi connectivity index (χ3n) is 4.28. The van der Waals surface area contributed by atoms with Crippen LogP contribution in [0.3, 0.4) is 0 Å². The van der Waals surface area contributed by atoms with Gasteiger partial charge >= 0.3 is 6.03 Å². The highest BCUT2D eigenvalue weighted by Gasteiger charge is 2.50. The summed E-state index contributed by atoms with van der Waals surface area (Å²) in [5.41, 5.74) is -1.12. The van der Waals surface area contributed by atoms with Crippen molar-refractivity contribution in [1.82, 2.24) is 20.0 Å². The van der Waals surface area contributed by atoms with Gasteiger partial charge in [-0.2, -0.15) is 0 Å². The van der Waals surface area contributed by atoms with Crippen molar-refractivity contribution in [3.63, 3.8) is 0 Å². The fourth-order valence-electron chi connectivity index (χ4n) is 2.73. The molecule has 2 aromatic rings. The van der Waals surface area contributed by atoms with Gasteiger partial charge in [0.2, 0.25) is 0 Å². The van der Waals surface area contributed by atoms with E-state index in [2.05, 4.69) is 10.2 Å². The highest BCUT2D eigenvalue weighted by Crippen LogP contribution is 2.34. The van der Waals surface area contributed by atoms with Crippen LogP contribution in [0.2, 0.25) is 0 Å². The maximum atomic E-state index is 14.0. The molecule has 1 aliphatic rings. The topological polar surface area (TPSA) is 86.6 Å². The molecule has 3 rings (SSSR count). The molecule has 0 saturated carbocycles. The first-order valence-corrected chi connectivity index (χ1v) is 8.63. The summed E-state index contributed by atoms with van der Waals surface area (Å²) in [5.74, 6) is -3.58.